The second-order valence-electron chi connectivity index (χ2n) is 5.01. The zero-order chi connectivity index (χ0) is 17.6. The van der Waals surface area contributed by atoms with E-state index in [1.54, 1.807) is 30.6 Å². The molecule has 0 aliphatic rings. The van der Waals surface area contributed by atoms with E-state index in [0.717, 1.165) is 16.3 Å². The number of hydrogen-bond acceptors (Lipinski definition) is 5. The predicted octanol–water partition coefficient (Wildman–Crippen LogP) is 4.21. The monoisotopic (exact) mass is 393 g/mol. The Hall–Kier alpha value is -2.15. The lowest BCUT2D eigenvalue weighted by molar-refractivity contribution is -0.123. The molecule has 0 fully saturated rings. The van der Waals surface area contributed by atoms with Gasteiger partial charge in [0.1, 0.15) is 10.8 Å². The number of aromatic nitrogens is 2. The standard InChI is InChI=1S/C17H13Cl2N3O2S/c18-12-3-4-15(13(19)6-12)24-9-16(23)21-8-17-22-14(10-25-17)11-2-1-5-20-7-11/h1-7,10H,8-9H2,(H,21,23). The number of halogens is 2. The molecule has 1 amide bonds. The van der Waals surface area contributed by atoms with E-state index in [0.29, 0.717) is 22.3 Å². The first-order valence-electron chi connectivity index (χ1n) is 7.31. The summed E-state index contributed by atoms with van der Waals surface area (Å²) in [5, 5.41) is 6.37. The number of carbonyl (C=O) groups is 1. The number of amides is 1. The van der Waals surface area contributed by atoms with Crippen molar-refractivity contribution >= 4 is 40.4 Å². The Morgan fingerprint density at radius 3 is 2.92 bits per heavy atom. The van der Waals surface area contributed by atoms with E-state index in [1.165, 1.54) is 11.3 Å². The molecule has 0 saturated carbocycles. The Labute approximate surface area is 158 Å². The lowest BCUT2D eigenvalue weighted by atomic mass is 10.2. The van der Waals surface area contributed by atoms with E-state index >= 15 is 0 Å². The first kappa shape index (κ1) is 17.7. The molecule has 2 aromatic heterocycles. The van der Waals surface area contributed by atoms with Crippen molar-refractivity contribution in [2.75, 3.05) is 6.61 Å². The van der Waals surface area contributed by atoms with Gasteiger partial charge in [0, 0.05) is 28.4 Å². The Kier molecular flexibility index (Phi) is 5.86. The fourth-order valence-electron chi connectivity index (χ4n) is 2.00. The summed E-state index contributed by atoms with van der Waals surface area (Å²) >= 11 is 13.3. The summed E-state index contributed by atoms with van der Waals surface area (Å²) in [7, 11) is 0. The Bertz CT molecular complexity index is 871. The van der Waals surface area contributed by atoms with Crippen molar-refractivity contribution in [3.63, 3.8) is 0 Å². The van der Waals surface area contributed by atoms with Crippen molar-refractivity contribution in [1.29, 1.82) is 0 Å². The molecule has 0 unspecified atom stereocenters. The molecule has 0 aliphatic carbocycles. The van der Waals surface area contributed by atoms with Gasteiger partial charge in [-0.2, -0.15) is 0 Å². The van der Waals surface area contributed by atoms with Crippen LogP contribution in [0.1, 0.15) is 5.01 Å². The minimum absolute atomic E-state index is 0.137. The molecule has 25 heavy (non-hydrogen) atoms. The maximum Gasteiger partial charge on any atom is 0.258 e. The van der Waals surface area contributed by atoms with Gasteiger partial charge in [-0.1, -0.05) is 23.2 Å². The Morgan fingerprint density at radius 2 is 2.16 bits per heavy atom. The highest BCUT2D eigenvalue weighted by atomic mass is 35.5. The van der Waals surface area contributed by atoms with Crippen LogP contribution in [0.5, 0.6) is 5.75 Å². The van der Waals surface area contributed by atoms with Crippen molar-refractivity contribution in [2.45, 2.75) is 6.54 Å². The van der Waals surface area contributed by atoms with Crippen molar-refractivity contribution in [3.8, 4) is 17.0 Å². The average molecular weight is 394 g/mol. The van der Waals surface area contributed by atoms with Crippen molar-refractivity contribution in [1.82, 2.24) is 15.3 Å². The van der Waals surface area contributed by atoms with Gasteiger partial charge in [-0.25, -0.2) is 4.98 Å². The molecule has 0 saturated heterocycles. The van der Waals surface area contributed by atoms with Crippen molar-refractivity contribution in [2.24, 2.45) is 0 Å². The molecule has 1 N–H and O–H groups in total. The third-order valence-corrected chi connectivity index (χ3v) is 4.58. The zero-order valence-corrected chi connectivity index (χ0v) is 15.2. The van der Waals surface area contributed by atoms with Crippen LogP contribution >= 0.6 is 34.5 Å². The molecule has 0 aliphatic heterocycles. The van der Waals surface area contributed by atoms with E-state index in [1.807, 2.05) is 17.5 Å². The summed E-state index contributed by atoms with van der Waals surface area (Å²) in [6, 6.07) is 8.63. The highest BCUT2D eigenvalue weighted by Crippen LogP contribution is 2.27. The van der Waals surface area contributed by atoms with E-state index in [9.17, 15) is 4.79 Å². The average Bonchev–Trinajstić information content (AvgIpc) is 3.09. The number of pyridine rings is 1. The van der Waals surface area contributed by atoms with Gasteiger partial charge in [-0.05, 0) is 30.3 Å². The predicted molar refractivity (Wildman–Crippen MR) is 99.1 cm³/mol. The smallest absolute Gasteiger partial charge is 0.258 e. The fraction of sp³-hybridized carbons (Fsp3) is 0.118. The minimum Gasteiger partial charge on any atom is -0.482 e. The zero-order valence-electron chi connectivity index (χ0n) is 12.9. The molecular weight excluding hydrogens is 381 g/mol. The van der Waals surface area contributed by atoms with Gasteiger partial charge < -0.3 is 10.1 Å². The lowest BCUT2D eigenvalue weighted by Crippen LogP contribution is -2.28. The second kappa shape index (κ2) is 8.29. The summed E-state index contributed by atoms with van der Waals surface area (Å²) in [4.78, 5) is 20.5. The fourth-order valence-corrected chi connectivity index (χ4v) is 3.21. The summed E-state index contributed by atoms with van der Waals surface area (Å²) in [5.41, 5.74) is 1.78. The molecule has 3 aromatic rings. The summed E-state index contributed by atoms with van der Waals surface area (Å²) in [6.45, 7) is 0.198. The molecule has 128 valence electrons. The van der Waals surface area contributed by atoms with Gasteiger partial charge in [-0.15, -0.1) is 11.3 Å². The molecule has 0 atom stereocenters. The molecule has 8 heteroatoms. The summed E-state index contributed by atoms with van der Waals surface area (Å²) in [5.74, 6) is 0.151. The molecule has 1 aromatic carbocycles. The number of nitrogens with one attached hydrogen (secondary N) is 1. The normalized spacial score (nSPS) is 10.5. The molecule has 3 rings (SSSR count). The van der Waals surface area contributed by atoms with Crippen LogP contribution in [0.2, 0.25) is 10.0 Å². The highest BCUT2D eigenvalue weighted by molar-refractivity contribution is 7.09. The van der Waals surface area contributed by atoms with Gasteiger partial charge in [0.15, 0.2) is 6.61 Å². The molecule has 2 heterocycles. The van der Waals surface area contributed by atoms with Gasteiger partial charge in [-0.3, -0.25) is 9.78 Å². The van der Waals surface area contributed by atoms with Gasteiger partial charge >= 0.3 is 0 Å². The number of benzene rings is 1. The van der Waals surface area contributed by atoms with Gasteiger partial charge in [0.25, 0.3) is 5.91 Å². The van der Waals surface area contributed by atoms with Crippen LogP contribution in [-0.2, 0) is 11.3 Å². The van der Waals surface area contributed by atoms with E-state index in [-0.39, 0.29) is 12.5 Å². The lowest BCUT2D eigenvalue weighted by Gasteiger charge is -2.08. The van der Waals surface area contributed by atoms with Crippen LogP contribution in [-0.4, -0.2) is 22.5 Å². The number of carbonyl (C=O) groups excluding carboxylic acids is 1. The number of ether oxygens (including phenoxy) is 1. The maximum absolute atomic E-state index is 11.9. The van der Waals surface area contributed by atoms with E-state index in [4.69, 9.17) is 27.9 Å². The van der Waals surface area contributed by atoms with Crippen LogP contribution in [0.25, 0.3) is 11.3 Å². The van der Waals surface area contributed by atoms with Crippen molar-refractivity contribution < 1.29 is 9.53 Å². The number of nitrogens with zero attached hydrogens (tertiary/aromatic N) is 2. The van der Waals surface area contributed by atoms with Gasteiger partial charge in [0.2, 0.25) is 0 Å². The summed E-state index contributed by atoms with van der Waals surface area (Å²) < 4.78 is 5.39. The number of thiazole rings is 1. The molecule has 0 radical (unpaired) electrons. The third kappa shape index (κ3) is 4.92. The largest absolute Gasteiger partial charge is 0.482 e. The molecule has 0 spiro atoms. The first-order chi connectivity index (χ1) is 12.1. The first-order valence-corrected chi connectivity index (χ1v) is 8.95. The molecule has 5 nitrogen and oxygen atoms in total. The van der Waals surface area contributed by atoms with Gasteiger partial charge in [0.05, 0.1) is 17.3 Å². The van der Waals surface area contributed by atoms with Crippen LogP contribution in [0.15, 0.2) is 48.1 Å². The third-order valence-electron chi connectivity index (χ3n) is 3.20. The maximum atomic E-state index is 11.9. The number of hydrogen-bond donors (Lipinski definition) is 1. The topological polar surface area (TPSA) is 64.1 Å². The van der Waals surface area contributed by atoms with Crippen LogP contribution in [0.4, 0.5) is 0 Å². The molecule has 0 bridgehead atoms. The molecular formula is C17H13Cl2N3O2S. The number of rotatable bonds is 6. The second-order valence-corrected chi connectivity index (χ2v) is 6.79. The van der Waals surface area contributed by atoms with Crippen LogP contribution in [0, 0.1) is 0 Å². The van der Waals surface area contributed by atoms with E-state index in [2.05, 4.69) is 15.3 Å². The van der Waals surface area contributed by atoms with Crippen LogP contribution < -0.4 is 10.1 Å². The van der Waals surface area contributed by atoms with Crippen LogP contribution in [0.3, 0.4) is 0 Å². The quantitative estimate of drug-likeness (QED) is 0.681. The highest BCUT2D eigenvalue weighted by Gasteiger charge is 2.09. The SMILES string of the molecule is O=C(COc1ccc(Cl)cc1Cl)NCc1nc(-c2cccnc2)cs1. The minimum atomic E-state index is -0.260. The Balaban J connectivity index is 1.50. The summed E-state index contributed by atoms with van der Waals surface area (Å²) in [6.07, 6.45) is 3.46. The van der Waals surface area contributed by atoms with E-state index < -0.39 is 0 Å². The Morgan fingerprint density at radius 1 is 1.28 bits per heavy atom. The van der Waals surface area contributed by atoms with Crippen molar-refractivity contribution in [3.05, 3.63) is 63.2 Å².